The highest BCUT2D eigenvalue weighted by Crippen LogP contribution is 2.37. The summed E-state index contributed by atoms with van der Waals surface area (Å²) < 4.78 is 24.6. The molecule has 0 saturated carbocycles. The maximum Gasteiger partial charge on any atom is 0.442 e. The fourth-order valence-corrected chi connectivity index (χ4v) is 3.96. The molecule has 3 aromatic rings. The largest absolute Gasteiger partial charge is 0.442 e. The molecule has 0 radical (unpaired) electrons. The van der Waals surface area contributed by atoms with Crippen LogP contribution in [0.4, 0.5) is 4.39 Å². The quantitative estimate of drug-likeness (QED) is 0.589. The molecule has 9 nitrogen and oxygen atoms in total. The van der Waals surface area contributed by atoms with Gasteiger partial charge in [0.05, 0.1) is 18.8 Å². The van der Waals surface area contributed by atoms with Crippen molar-refractivity contribution in [2.24, 2.45) is 0 Å². The molecule has 1 aliphatic rings. The summed E-state index contributed by atoms with van der Waals surface area (Å²) in [5, 5.41) is 30.1. The van der Waals surface area contributed by atoms with Crippen LogP contribution >= 0.6 is 11.8 Å². The number of aromatic nitrogens is 4. The Morgan fingerprint density at radius 2 is 2.22 bits per heavy atom. The first-order chi connectivity index (χ1) is 13.1. The Hall–Kier alpha value is -2.50. The summed E-state index contributed by atoms with van der Waals surface area (Å²) in [4.78, 5) is 12.3. The van der Waals surface area contributed by atoms with Crippen LogP contribution in [-0.4, -0.2) is 48.7 Å². The minimum absolute atomic E-state index is 0.115. The smallest absolute Gasteiger partial charge is 0.394 e. The van der Waals surface area contributed by atoms with Crippen LogP contribution in [0.3, 0.4) is 0 Å². The van der Waals surface area contributed by atoms with Crippen LogP contribution in [0.5, 0.6) is 0 Å². The molecule has 11 heteroatoms. The number of halogens is 1. The number of hydrogen-bond donors (Lipinski definition) is 2. The predicted octanol–water partition coefficient (Wildman–Crippen LogP) is 1.01. The molecule has 27 heavy (non-hydrogen) atoms. The molecule has 1 aliphatic carbocycles. The standard InChI is InChI=1S/C16H15FN4O5S/c17-9-3-1-8-2-4-12(11(8)5-9)21-14(19-25-16(21)24)13-15(20-26-18-13)27-7-10(23)6-22/h1,3,5,10,12,22-23H,2,4,6-7H2. The third kappa shape index (κ3) is 3.29. The summed E-state index contributed by atoms with van der Waals surface area (Å²) in [5.74, 6) is -0.813. The van der Waals surface area contributed by atoms with Crippen molar-refractivity contribution in [3.63, 3.8) is 0 Å². The SMILES string of the molecule is O=c1onc(-c2nonc2SCC(O)CO)n1C1CCc2ccc(F)cc21. The van der Waals surface area contributed by atoms with Crippen molar-refractivity contribution in [2.45, 2.75) is 30.0 Å². The van der Waals surface area contributed by atoms with Gasteiger partial charge in [0.15, 0.2) is 10.7 Å². The number of benzene rings is 1. The highest BCUT2D eigenvalue weighted by Gasteiger charge is 2.32. The average molecular weight is 394 g/mol. The number of hydrogen-bond acceptors (Lipinski definition) is 9. The first-order valence-electron chi connectivity index (χ1n) is 8.19. The van der Waals surface area contributed by atoms with Gasteiger partial charge in [-0.1, -0.05) is 23.0 Å². The minimum atomic E-state index is -0.941. The Kier molecular flexibility index (Phi) is 4.81. The van der Waals surface area contributed by atoms with Crippen molar-refractivity contribution in [3.05, 3.63) is 45.7 Å². The maximum absolute atomic E-state index is 13.7. The molecule has 0 fully saturated rings. The van der Waals surface area contributed by atoms with Gasteiger partial charge < -0.3 is 10.2 Å². The summed E-state index contributed by atoms with van der Waals surface area (Å²) in [5.41, 5.74) is 1.84. The van der Waals surface area contributed by atoms with Crippen molar-refractivity contribution >= 4 is 11.8 Å². The van der Waals surface area contributed by atoms with E-state index in [-0.39, 0.29) is 23.1 Å². The van der Waals surface area contributed by atoms with E-state index in [1.165, 1.54) is 16.7 Å². The monoisotopic (exact) mass is 394 g/mol. The topological polar surface area (TPSA) is 127 Å². The van der Waals surface area contributed by atoms with Crippen LogP contribution in [0.2, 0.25) is 0 Å². The molecule has 1 aromatic carbocycles. The van der Waals surface area contributed by atoms with E-state index in [0.717, 1.165) is 17.3 Å². The molecule has 2 unspecified atom stereocenters. The van der Waals surface area contributed by atoms with E-state index in [9.17, 15) is 14.3 Å². The molecule has 2 atom stereocenters. The number of rotatable bonds is 6. The van der Waals surface area contributed by atoms with E-state index >= 15 is 0 Å². The number of aliphatic hydroxyl groups excluding tert-OH is 2. The van der Waals surface area contributed by atoms with Crippen LogP contribution in [-0.2, 0) is 6.42 Å². The zero-order valence-corrected chi connectivity index (χ0v) is 14.7. The molecule has 0 spiro atoms. The summed E-state index contributed by atoms with van der Waals surface area (Å²) in [6, 6.07) is 4.06. The number of fused-ring (bicyclic) bond motifs is 1. The third-order valence-electron chi connectivity index (χ3n) is 4.39. The van der Waals surface area contributed by atoms with E-state index in [0.29, 0.717) is 23.4 Å². The van der Waals surface area contributed by atoms with Crippen molar-refractivity contribution in [3.8, 4) is 11.5 Å². The third-order valence-corrected chi connectivity index (χ3v) is 5.49. The molecule has 0 saturated heterocycles. The Morgan fingerprint density at radius 1 is 1.37 bits per heavy atom. The van der Waals surface area contributed by atoms with Crippen LogP contribution in [0.25, 0.3) is 11.5 Å². The normalized spacial score (nSPS) is 17.2. The summed E-state index contributed by atoms with van der Waals surface area (Å²) >= 11 is 1.10. The lowest BCUT2D eigenvalue weighted by molar-refractivity contribution is 0.113. The highest BCUT2D eigenvalue weighted by molar-refractivity contribution is 7.99. The Balaban J connectivity index is 1.72. The zero-order chi connectivity index (χ0) is 19.0. The van der Waals surface area contributed by atoms with E-state index in [4.69, 9.17) is 14.3 Å². The molecular formula is C16H15FN4O5S. The number of aryl methyl sites for hydroxylation is 1. The summed E-state index contributed by atoms with van der Waals surface area (Å²) in [7, 11) is 0. The van der Waals surface area contributed by atoms with Crippen LogP contribution in [0, 0.1) is 5.82 Å². The van der Waals surface area contributed by atoms with Crippen molar-refractivity contribution in [1.82, 2.24) is 20.0 Å². The average Bonchev–Trinajstić information content (AvgIpc) is 3.37. The van der Waals surface area contributed by atoms with Crippen LogP contribution in [0.15, 0.2) is 37.2 Å². The molecule has 0 bridgehead atoms. The van der Waals surface area contributed by atoms with Gasteiger partial charge in [0.1, 0.15) is 5.82 Å². The second-order valence-corrected chi connectivity index (χ2v) is 7.11. The Labute approximate surface area is 155 Å². The maximum atomic E-state index is 13.7. The Bertz CT molecular complexity index is 1020. The van der Waals surface area contributed by atoms with Crippen LogP contribution in [0.1, 0.15) is 23.6 Å². The fourth-order valence-electron chi connectivity index (χ4n) is 3.15. The van der Waals surface area contributed by atoms with Gasteiger partial charge in [-0.05, 0) is 46.4 Å². The second kappa shape index (κ2) is 7.25. The first kappa shape index (κ1) is 17.9. The van der Waals surface area contributed by atoms with Gasteiger partial charge in [0.2, 0.25) is 5.82 Å². The first-order valence-corrected chi connectivity index (χ1v) is 9.18. The van der Waals surface area contributed by atoms with Gasteiger partial charge in [0, 0.05) is 5.75 Å². The Morgan fingerprint density at radius 3 is 3.04 bits per heavy atom. The fraction of sp³-hybridized carbons (Fsp3) is 0.375. The molecule has 2 N–H and O–H groups in total. The van der Waals surface area contributed by atoms with Gasteiger partial charge >= 0.3 is 5.76 Å². The summed E-state index contributed by atoms with van der Waals surface area (Å²) in [6.07, 6.45) is 0.339. The molecule has 2 heterocycles. The minimum Gasteiger partial charge on any atom is -0.394 e. The highest BCUT2D eigenvalue weighted by atomic mass is 32.2. The van der Waals surface area contributed by atoms with E-state index < -0.39 is 24.5 Å². The van der Waals surface area contributed by atoms with Crippen molar-refractivity contribution in [1.29, 1.82) is 0 Å². The molecule has 0 aliphatic heterocycles. The van der Waals surface area contributed by atoms with Gasteiger partial charge in [-0.15, -0.1) is 0 Å². The predicted molar refractivity (Wildman–Crippen MR) is 90.7 cm³/mol. The molecular weight excluding hydrogens is 379 g/mol. The summed E-state index contributed by atoms with van der Waals surface area (Å²) in [6.45, 7) is -0.396. The lowest BCUT2D eigenvalue weighted by Gasteiger charge is -2.13. The van der Waals surface area contributed by atoms with E-state index in [1.54, 1.807) is 6.07 Å². The van der Waals surface area contributed by atoms with E-state index in [2.05, 4.69) is 15.5 Å². The molecule has 4 rings (SSSR count). The van der Waals surface area contributed by atoms with Gasteiger partial charge in [-0.3, -0.25) is 4.52 Å². The zero-order valence-electron chi connectivity index (χ0n) is 13.9. The number of nitrogens with zero attached hydrogens (tertiary/aromatic N) is 4. The number of aliphatic hydroxyl groups is 2. The van der Waals surface area contributed by atoms with Gasteiger partial charge in [-0.25, -0.2) is 18.4 Å². The van der Waals surface area contributed by atoms with Crippen molar-refractivity contribution in [2.75, 3.05) is 12.4 Å². The molecule has 2 aromatic heterocycles. The van der Waals surface area contributed by atoms with Crippen LogP contribution < -0.4 is 5.76 Å². The number of thioether (sulfide) groups is 1. The molecule has 0 amide bonds. The molecule has 142 valence electrons. The van der Waals surface area contributed by atoms with Gasteiger partial charge in [-0.2, -0.15) is 0 Å². The lowest BCUT2D eigenvalue weighted by Crippen LogP contribution is -2.21. The second-order valence-electron chi connectivity index (χ2n) is 6.11. The van der Waals surface area contributed by atoms with E-state index in [1.807, 2.05) is 0 Å². The van der Waals surface area contributed by atoms with Gasteiger partial charge in [0.25, 0.3) is 0 Å². The van der Waals surface area contributed by atoms with Crippen molar-refractivity contribution < 1.29 is 23.8 Å². The lowest BCUT2D eigenvalue weighted by atomic mass is 10.1.